The highest BCUT2D eigenvalue weighted by molar-refractivity contribution is 5.46. The van der Waals surface area contributed by atoms with Gasteiger partial charge in [-0.3, -0.25) is 4.79 Å². The summed E-state index contributed by atoms with van der Waals surface area (Å²) in [5.74, 6) is 0. The molecule has 0 rings (SSSR count). The zero-order chi connectivity index (χ0) is 5.70. The van der Waals surface area contributed by atoms with Gasteiger partial charge in [0.15, 0.2) is 6.30 Å². The molecule has 0 aromatic heterocycles. The van der Waals surface area contributed by atoms with Gasteiger partial charge >= 0.3 is 0 Å². The number of hydrogen-bond donors (Lipinski definition) is 1. The minimum atomic E-state index is -1.17. The van der Waals surface area contributed by atoms with Gasteiger partial charge in [-0.15, -0.1) is 0 Å². The summed E-state index contributed by atoms with van der Waals surface area (Å²) in [7, 11) is 0. The van der Waals surface area contributed by atoms with Crippen molar-refractivity contribution in [2.24, 2.45) is 0 Å². The van der Waals surface area contributed by atoms with E-state index in [0.717, 1.165) is 0 Å². The molecule has 3 heteroatoms. The number of carbonyl (C=O) groups is 1. The highest BCUT2D eigenvalue weighted by Crippen LogP contribution is 1.86. The van der Waals surface area contributed by atoms with E-state index in [-0.39, 0.29) is 0 Å². The van der Waals surface area contributed by atoms with Gasteiger partial charge in [-0.25, -0.2) is 4.39 Å². The van der Waals surface area contributed by atoms with Crippen LogP contribution in [0.5, 0.6) is 0 Å². The monoisotopic (exact) mass is 105 g/mol. The minimum absolute atomic E-state index is 0.332. The Labute approximate surface area is 41.7 Å². The average molecular weight is 105 g/mol. The second-order valence-electron chi connectivity index (χ2n) is 1.16. The molecular formula is C4H8FNO. The average Bonchev–Trinajstić information content (AvgIpc) is 1.68. The summed E-state index contributed by atoms with van der Waals surface area (Å²) in [5.41, 5.74) is 0. The lowest BCUT2D eigenvalue weighted by atomic mass is 10.5. The van der Waals surface area contributed by atoms with Crippen molar-refractivity contribution in [2.75, 3.05) is 0 Å². The number of nitrogens with one attached hydrogen (secondary N) is 1. The van der Waals surface area contributed by atoms with Gasteiger partial charge in [0, 0.05) is 0 Å². The van der Waals surface area contributed by atoms with E-state index in [1.807, 2.05) is 5.32 Å². The zero-order valence-electron chi connectivity index (χ0n) is 4.15. The van der Waals surface area contributed by atoms with Crippen molar-refractivity contribution in [3.8, 4) is 0 Å². The number of rotatable bonds is 3. The first-order valence-corrected chi connectivity index (χ1v) is 2.15. The number of carbonyl (C=O) groups excluding carboxylic acids is 1. The van der Waals surface area contributed by atoms with Crippen molar-refractivity contribution in [3.63, 3.8) is 0 Å². The number of halogens is 1. The molecule has 7 heavy (non-hydrogen) atoms. The van der Waals surface area contributed by atoms with Gasteiger partial charge in [0.1, 0.15) is 0 Å². The molecule has 0 aliphatic heterocycles. The smallest absolute Gasteiger partial charge is 0.209 e. The Morgan fingerprint density at radius 2 is 2.57 bits per heavy atom. The normalized spacial score (nSPS) is 12.9. The summed E-state index contributed by atoms with van der Waals surface area (Å²) < 4.78 is 11.8. The molecule has 42 valence electrons. The second kappa shape index (κ2) is 3.59. The van der Waals surface area contributed by atoms with Gasteiger partial charge in [0.2, 0.25) is 6.41 Å². The van der Waals surface area contributed by atoms with Crippen LogP contribution < -0.4 is 5.32 Å². The molecule has 0 saturated carbocycles. The van der Waals surface area contributed by atoms with Crippen LogP contribution in [0.2, 0.25) is 0 Å². The van der Waals surface area contributed by atoms with Gasteiger partial charge in [-0.1, -0.05) is 6.92 Å². The van der Waals surface area contributed by atoms with E-state index in [4.69, 9.17) is 0 Å². The van der Waals surface area contributed by atoms with Crippen LogP contribution in [-0.4, -0.2) is 12.7 Å². The Bertz CT molecular complexity index is 57.7. The third kappa shape index (κ3) is 3.22. The maximum absolute atomic E-state index is 11.8. The molecule has 0 aromatic rings. The molecule has 0 spiro atoms. The van der Waals surface area contributed by atoms with E-state index in [0.29, 0.717) is 12.8 Å². The molecule has 0 saturated heterocycles. The van der Waals surface area contributed by atoms with Crippen LogP contribution in [0.1, 0.15) is 13.3 Å². The Kier molecular flexibility index (Phi) is 3.28. The number of hydrogen-bond acceptors (Lipinski definition) is 1. The molecule has 1 unspecified atom stereocenters. The Balaban J connectivity index is 2.98. The van der Waals surface area contributed by atoms with E-state index in [9.17, 15) is 9.18 Å². The van der Waals surface area contributed by atoms with Gasteiger partial charge in [-0.2, -0.15) is 0 Å². The molecule has 1 amide bonds. The van der Waals surface area contributed by atoms with Crippen LogP contribution in [0.25, 0.3) is 0 Å². The third-order valence-electron chi connectivity index (χ3n) is 0.607. The molecule has 0 radical (unpaired) electrons. The first-order valence-electron chi connectivity index (χ1n) is 2.15. The maximum atomic E-state index is 11.8. The topological polar surface area (TPSA) is 29.1 Å². The Morgan fingerprint density at radius 1 is 2.00 bits per heavy atom. The Hall–Kier alpha value is -0.600. The van der Waals surface area contributed by atoms with Crippen molar-refractivity contribution in [1.82, 2.24) is 5.32 Å². The second-order valence-corrected chi connectivity index (χ2v) is 1.16. The predicted molar refractivity (Wildman–Crippen MR) is 24.4 cm³/mol. The molecule has 0 heterocycles. The van der Waals surface area contributed by atoms with Gasteiger partial charge in [-0.05, 0) is 6.42 Å². The molecule has 0 aliphatic rings. The van der Waals surface area contributed by atoms with Crippen molar-refractivity contribution in [1.29, 1.82) is 0 Å². The van der Waals surface area contributed by atoms with Crippen molar-refractivity contribution >= 4 is 6.41 Å². The Morgan fingerprint density at radius 3 is 2.71 bits per heavy atom. The summed E-state index contributed by atoms with van der Waals surface area (Å²) >= 11 is 0. The van der Waals surface area contributed by atoms with Crippen LogP contribution in [-0.2, 0) is 4.79 Å². The fourth-order valence-corrected chi connectivity index (χ4v) is 0.192. The zero-order valence-corrected chi connectivity index (χ0v) is 4.15. The number of amides is 1. The van der Waals surface area contributed by atoms with Crippen molar-refractivity contribution in [3.05, 3.63) is 0 Å². The molecule has 0 bridgehead atoms. The first kappa shape index (κ1) is 6.40. The molecule has 0 aromatic carbocycles. The fourth-order valence-electron chi connectivity index (χ4n) is 0.192. The molecule has 0 fully saturated rings. The van der Waals surface area contributed by atoms with Crippen LogP contribution in [0.4, 0.5) is 4.39 Å². The molecule has 1 N–H and O–H groups in total. The highest BCUT2D eigenvalue weighted by atomic mass is 19.1. The largest absolute Gasteiger partial charge is 0.329 e. The summed E-state index contributed by atoms with van der Waals surface area (Å²) in [6, 6.07) is 0. The lowest BCUT2D eigenvalue weighted by molar-refractivity contribution is -0.111. The molecule has 2 nitrogen and oxygen atoms in total. The minimum Gasteiger partial charge on any atom is -0.329 e. The maximum Gasteiger partial charge on any atom is 0.209 e. The van der Waals surface area contributed by atoms with Crippen molar-refractivity contribution < 1.29 is 9.18 Å². The van der Waals surface area contributed by atoms with E-state index >= 15 is 0 Å². The standard InChI is InChI=1S/C4H8FNO/c1-2-4(5)6-3-7/h3-4H,2H2,1H3,(H,6,7). The lowest BCUT2D eigenvalue weighted by Gasteiger charge is -1.98. The van der Waals surface area contributed by atoms with Crippen LogP contribution in [0.15, 0.2) is 0 Å². The van der Waals surface area contributed by atoms with E-state index in [1.165, 1.54) is 0 Å². The SMILES string of the molecule is CCC(F)NC=O. The summed E-state index contributed by atoms with van der Waals surface area (Å²) in [4.78, 5) is 9.42. The van der Waals surface area contributed by atoms with Gasteiger partial charge in [0.05, 0.1) is 0 Å². The lowest BCUT2D eigenvalue weighted by Crippen LogP contribution is -2.21. The van der Waals surface area contributed by atoms with Crippen LogP contribution >= 0.6 is 0 Å². The molecule has 1 atom stereocenters. The summed E-state index contributed by atoms with van der Waals surface area (Å²) in [5, 5.41) is 1.95. The van der Waals surface area contributed by atoms with Gasteiger partial charge in [0.25, 0.3) is 0 Å². The first-order chi connectivity index (χ1) is 3.31. The molecular weight excluding hydrogens is 97.0 g/mol. The summed E-state index contributed by atoms with van der Waals surface area (Å²) in [6.07, 6.45) is -0.482. The quantitative estimate of drug-likeness (QED) is 0.409. The van der Waals surface area contributed by atoms with E-state index in [1.54, 1.807) is 6.92 Å². The van der Waals surface area contributed by atoms with Crippen LogP contribution in [0, 0.1) is 0 Å². The van der Waals surface area contributed by atoms with Crippen LogP contribution in [0.3, 0.4) is 0 Å². The van der Waals surface area contributed by atoms with E-state index in [2.05, 4.69) is 0 Å². The third-order valence-corrected chi connectivity index (χ3v) is 0.607. The predicted octanol–water partition coefficient (Wildman–Crippen LogP) is 0.438. The summed E-state index contributed by atoms with van der Waals surface area (Å²) in [6.45, 7) is 1.65. The molecule has 0 aliphatic carbocycles. The number of alkyl halides is 1. The van der Waals surface area contributed by atoms with Gasteiger partial charge < -0.3 is 5.32 Å². The van der Waals surface area contributed by atoms with E-state index < -0.39 is 6.30 Å². The fraction of sp³-hybridized carbons (Fsp3) is 0.750. The van der Waals surface area contributed by atoms with Crippen molar-refractivity contribution in [2.45, 2.75) is 19.6 Å². The highest BCUT2D eigenvalue weighted by Gasteiger charge is 1.95.